The molecule has 1 atom stereocenters. The zero-order chi connectivity index (χ0) is 16.9. The van der Waals surface area contributed by atoms with Crippen LogP contribution < -0.4 is 10.6 Å². The molecular formula is C14H26N4O2S2. The van der Waals surface area contributed by atoms with Crippen LogP contribution in [0.15, 0.2) is 21.3 Å². The van der Waals surface area contributed by atoms with Gasteiger partial charge in [-0.05, 0) is 25.0 Å². The fraction of sp³-hybridized carbons (Fsp3) is 0.643. The summed E-state index contributed by atoms with van der Waals surface area (Å²) < 4.78 is 25.7. The average Bonchev–Trinajstić information content (AvgIpc) is 2.92. The van der Waals surface area contributed by atoms with Gasteiger partial charge < -0.3 is 10.6 Å². The summed E-state index contributed by atoms with van der Waals surface area (Å²) in [6.45, 7) is 6.92. The molecule has 0 aliphatic rings. The molecule has 126 valence electrons. The lowest BCUT2D eigenvalue weighted by Crippen LogP contribution is -2.43. The van der Waals surface area contributed by atoms with Crippen LogP contribution >= 0.6 is 11.3 Å². The molecule has 0 aliphatic carbocycles. The van der Waals surface area contributed by atoms with Gasteiger partial charge in [0.2, 0.25) is 0 Å². The maximum absolute atomic E-state index is 12.0. The second kappa shape index (κ2) is 7.94. The molecule has 1 heterocycles. The van der Waals surface area contributed by atoms with Crippen molar-refractivity contribution in [2.45, 2.75) is 37.6 Å². The fourth-order valence-corrected chi connectivity index (χ4v) is 3.98. The third kappa shape index (κ3) is 4.96. The van der Waals surface area contributed by atoms with Gasteiger partial charge in [-0.1, -0.05) is 13.8 Å². The number of hydrogen-bond acceptors (Lipinski definition) is 4. The van der Waals surface area contributed by atoms with Crippen molar-refractivity contribution in [3.05, 3.63) is 17.0 Å². The lowest BCUT2D eigenvalue weighted by atomic mass is 10.1. The van der Waals surface area contributed by atoms with Gasteiger partial charge in [0.15, 0.2) is 5.96 Å². The van der Waals surface area contributed by atoms with Crippen LogP contribution in [-0.4, -0.2) is 45.9 Å². The van der Waals surface area contributed by atoms with Crippen molar-refractivity contribution in [2.75, 3.05) is 21.1 Å². The van der Waals surface area contributed by atoms with Crippen molar-refractivity contribution in [1.82, 2.24) is 14.9 Å². The van der Waals surface area contributed by atoms with E-state index in [1.807, 2.05) is 6.07 Å². The second-order valence-electron chi connectivity index (χ2n) is 5.61. The van der Waals surface area contributed by atoms with Crippen molar-refractivity contribution in [3.8, 4) is 0 Å². The van der Waals surface area contributed by atoms with Crippen molar-refractivity contribution in [3.63, 3.8) is 0 Å². The van der Waals surface area contributed by atoms with Gasteiger partial charge in [0.05, 0.1) is 6.54 Å². The molecule has 0 saturated heterocycles. The molecule has 6 nitrogen and oxygen atoms in total. The largest absolute Gasteiger partial charge is 0.354 e. The van der Waals surface area contributed by atoms with Crippen LogP contribution in [0.5, 0.6) is 0 Å². The van der Waals surface area contributed by atoms with Gasteiger partial charge >= 0.3 is 0 Å². The minimum Gasteiger partial charge on any atom is -0.354 e. The molecule has 0 fully saturated rings. The highest BCUT2D eigenvalue weighted by atomic mass is 32.2. The molecule has 0 bridgehead atoms. The molecule has 0 aromatic carbocycles. The summed E-state index contributed by atoms with van der Waals surface area (Å²) in [5.41, 5.74) is 0. The van der Waals surface area contributed by atoms with E-state index in [-0.39, 0.29) is 0 Å². The Kier molecular flexibility index (Phi) is 6.83. The van der Waals surface area contributed by atoms with E-state index in [0.29, 0.717) is 28.7 Å². The van der Waals surface area contributed by atoms with E-state index in [1.54, 1.807) is 13.1 Å². The molecule has 1 rings (SSSR count). The zero-order valence-electron chi connectivity index (χ0n) is 14.0. The summed E-state index contributed by atoms with van der Waals surface area (Å²) in [6, 6.07) is 3.77. The summed E-state index contributed by atoms with van der Waals surface area (Å²) in [4.78, 5) is 5.13. The highest BCUT2D eigenvalue weighted by Gasteiger charge is 2.19. The van der Waals surface area contributed by atoms with Crippen LogP contribution in [0.4, 0.5) is 0 Å². The van der Waals surface area contributed by atoms with Crippen LogP contribution in [0, 0.1) is 5.92 Å². The van der Waals surface area contributed by atoms with Gasteiger partial charge in [0.25, 0.3) is 10.0 Å². The molecule has 1 aromatic heterocycles. The van der Waals surface area contributed by atoms with Crippen molar-refractivity contribution >= 4 is 27.3 Å². The first-order valence-electron chi connectivity index (χ1n) is 7.17. The Morgan fingerprint density at radius 3 is 2.45 bits per heavy atom. The molecule has 0 amide bonds. The van der Waals surface area contributed by atoms with Crippen molar-refractivity contribution in [1.29, 1.82) is 0 Å². The normalized spacial score (nSPS) is 14.5. The number of guanidine groups is 1. The topological polar surface area (TPSA) is 73.8 Å². The molecule has 1 unspecified atom stereocenters. The molecule has 0 radical (unpaired) electrons. The number of nitrogens with zero attached hydrogens (tertiary/aromatic N) is 2. The Labute approximate surface area is 137 Å². The zero-order valence-corrected chi connectivity index (χ0v) is 15.7. The monoisotopic (exact) mass is 346 g/mol. The Morgan fingerprint density at radius 2 is 1.95 bits per heavy atom. The maximum atomic E-state index is 12.0. The van der Waals surface area contributed by atoms with Crippen LogP contribution in [0.2, 0.25) is 0 Å². The fourth-order valence-electron chi connectivity index (χ4n) is 1.52. The van der Waals surface area contributed by atoms with Crippen LogP contribution in [-0.2, 0) is 16.6 Å². The van der Waals surface area contributed by atoms with Gasteiger partial charge in [-0.15, -0.1) is 11.3 Å². The van der Waals surface area contributed by atoms with E-state index in [0.717, 1.165) is 4.88 Å². The van der Waals surface area contributed by atoms with Crippen LogP contribution in [0.25, 0.3) is 0 Å². The molecule has 0 aliphatic heterocycles. The van der Waals surface area contributed by atoms with Crippen molar-refractivity contribution < 1.29 is 8.42 Å². The first-order chi connectivity index (χ1) is 10.2. The standard InChI is InChI=1S/C14H26N4O2S2/c1-10(2)11(3)17-14(15-4)16-9-12-7-8-13(21-12)22(19,20)18(5)6/h7-8,10-11H,9H2,1-6H3,(H2,15,16,17). The number of sulfonamides is 1. The second-order valence-corrected chi connectivity index (χ2v) is 9.16. The minimum absolute atomic E-state index is 0.305. The SMILES string of the molecule is CN=C(NCc1ccc(S(=O)(=O)N(C)C)s1)NC(C)C(C)C. The predicted molar refractivity (Wildman–Crippen MR) is 92.8 cm³/mol. The van der Waals surface area contributed by atoms with E-state index >= 15 is 0 Å². The first-order valence-corrected chi connectivity index (χ1v) is 9.42. The van der Waals surface area contributed by atoms with Gasteiger partial charge in [-0.25, -0.2) is 12.7 Å². The number of nitrogens with one attached hydrogen (secondary N) is 2. The Bertz CT molecular complexity index is 606. The number of rotatable bonds is 6. The van der Waals surface area contributed by atoms with E-state index in [1.165, 1.54) is 29.7 Å². The third-order valence-corrected chi connectivity index (χ3v) is 6.76. The Hall–Kier alpha value is -1.12. The maximum Gasteiger partial charge on any atom is 0.252 e. The van der Waals surface area contributed by atoms with E-state index < -0.39 is 10.0 Å². The highest BCUT2D eigenvalue weighted by Crippen LogP contribution is 2.23. The molecule has 22 heavy (non-hydrogen) atoms. The minimum atomic E-state index is -3.35. The molecule has 0 saturated carbocycles. The summed E-state index contributed by atoms with van der Waals surface area (Å²) in [5.74, 6) is 1.21. The van der Waals surface area contributed by atoms with Gasteiger partial charge in [0.1, 0.15) is 4.21 Å². The first kappa shape index (κ1) is 18.9. The lowest BCUT2D eigenvalue weighted by Gasteiger charge is -2.20. The summed E-state index contributed by atoms with van der Waals surface area (Å²) >= 11 is 1.27. The van der Waals surface area contributed by atoms with E-state index in [4.69, 9.17) is 0 Å². The summed E-state index contributed by atoms with van der Waals surface area (Å²) in [6.07, 6.45) is 0. The van der Waals surface area contributed by atoms with E-state index in [2.05, 4.69) is 36.4 Å². The highest BCUT2D eigenvalue weighted by molar-refractivity contribution is 7.91. The molecule has 2 N–H and O–H groups in total. The Morgan fingerprint density at radius 1 is 1.32 bits per heavy atom. The number of thiophene rings is 1. The van der Waals surface area contributed by atoms with Crippen LogP contribution in [0.3, 0.4) is 0 Å². The molecule has 8 heteroatoms. The molecule has 1 aromatic rings. The summed E-state index contributed by atoms with van der Waals surface area (Å²) in [5, 5.41) is 6.52. The van der Waals surface area contributed by atoms with Crippen LogP contribution in [0.1, 0.15) is 25.6 Å². The van der Waals surface area contributed by atoms with Gasteiger partial charge in [0, 0.05) is 32.1 Å². The predicted octanol–water partition coefficient (Wildman–Crippen LogP) is 1.71. The Balaban J connectivity index is 2.68. The molecule has 0 spiro atoms. The number of hydrogen-bond donors (Lipinski definition) is 2. The van der Waals surface area contributed by atoms with E-state index in [9.17, 15) is 8.42 Å². The summed E-state index contributed by atoms with van der Waals surface area (Å²) in [7, 11) is 1.44. The van der Waals surface area contributed by atoms with Gasteiger partial charge in [-0.3, -0.25) is 4.99 Å². The smallest absolute Gasteiger partial charge is 0.252 e. The third-order valence-electron chi connectivity index (χ3n) is 3.39. The molecular weight excluding hydrogens is 320 g/mol. The quantitative estimate of drug-likeness (QED) is 0.607. The van der Waals surface area contributed by atoms with Crippen molar-refractivity contribution in [2.24, 2.45) is 10.9 Å². The lowest BCUT2D eigenvalue weighted by molar-refractivity contribution is 0.481. The van der Waals surface area contributed by atoms with Gasteiger partial charge in [-0.2, -0.15) is 0 Å². The average molecular weight is 347 g/mol. The number of aliphatic imine (C=N–C) groups is 1.